The molecular formula is C9H7BF2NO3. The molecule has 0 aromatic heterocycles. The number of hydroxylamine groups is 1. The first-order chi connectivity index (χ1) is 7.69. The number of nitrogens with one attached hydrogen (secondary N) is 1. The zero-order valence-corrected chi connectivity index (χ0v) is 7.98. The van der Waals surface area contributed by atoms with Crippen molar-refractivity contribution in [1.82, 2.24) is 5.48 Å². The number of halogens is 2. The van der Waals surface area contributed by atoms with Gasteiger partial charge in [-0.3, -0.25) is 8.63 Å². The molecule has 1 aromatic carbocycles. The van der Waals surface area contributed by atoms with E-state index in [1.54, 1.807) is 24.4 Å². The van der Waals surface area contributed by atoms with Gasteiger partial charge in [-0.25, -0.2) is 10.3 Å². The summed E-state index contributed by atoms with van der Waals surface area (Å²) in [5.74, 6) is -0.303. The maximum Gasteiger partial charge on any atom is 0.577 e. The molecule has 4 nitrogen and oxygen atoms in total. The molecule has 2 N–H and O–H groups in total. The van der Waals surface area contributed by atoms with Gasteiger partial charge in [-0.05, 0) is 24.3 Å². The van der Waals surface area contributed by atoms with Crippen LogP contribution in [0.5, 0.6) is 5.75 Å². The highest BCUT2D eigenvalue weighted by atomic mass is 19.2. The summed E-state index contributed by atoms with van der Waals surface area (Å²) in [6.07, 6.45) is 3.36. The highest BCUT2D eigenvalue weighted by Gasteiger charge is 2.09. The minimum Gasteiger partial charge on any atom is -0.478 e. The van der Waals surface area contributed by atoms with Crippen molar-refractivity contribution < 1.29 is 23.4 Å². The molecule has 2 rings (SSSR count). The minimum atomic E-state index is -1.00. The Morgan fingerprint density at radius 2 is 2.12 bits per heavy atom. The third kappa shape index (κ3) is 2.98. The van der Waals surface area contributed by atoms with Crippen LogP contribution in [0.15, 0.2) is 24.4 Å². The van der Waals surface area contributed by atoms with Crippen molar-refractivity contribution in [3.63, 3.8) is 0 Å². The molecule has 0 aliphatic carbocycles. The Balaban J connectivity index is 0.000000386. The van der Waals surface area contributed by atoms with Gasteiger partial charge in [0, 0.05) is 11.8 Å². The van der Waals surface area contributed by atoms with Crippen LogP contribution in [0.25, 0.3) is 6.08 Å². The van der Waals surface area contributed by atoms with Gasteiger partial charge >= 0.3 is 13.8 Å². The topological polar surface area (TPSA) is 58.6 Å². The first kappa shape index (κ1) is 12.0. The van der Waals surface area contributed by atoms with Gasteiger partial charge in [-0.15, -0.1) is 0 Å². The lowest BCUT2D eigenvalue weighted by Crippen LogP contribution is -2.14. The predicted molar refractivity (Wildman–Crippen MR) is 54.2 cm³/mol. The minimum absolute atomic E-state index is 0.258. The molecular weight excluding hydrogens is 219 g/mol. The van der Waals surface area contributed by atoms with Crippen LogP contribution in [0.1, 0.15) is 15.9 Å². The number of carboxylic acids is 1. The van der Waals surface area contributed by atoms with Gasteiger partial charge in [0.1, 0.15) is 0 Å². The Morgan fingerprint density at radius 3 is 2.75 bits per heavy atom. The summed E-state index contributed by atoms with van der Waals surface area (Å²) in [6.45, 7) is 0. The van der Waals surface area contributed by atoms with Crippen LogP contribution >= 0.6 is 0 Å². The molecule has 1 aromatic rings. The monoisotopic (exact) mass is 226 g/mol. The van der Waals surface area contributed by atoms with Crippen LogP contribution < -0.4 is 10.3 Å². The number of rotatable bonds is 1. The fourth-order valence-electron chi connectivity index (χ4n) is 1.13. The summed E-state index contributed by atoms with van der Waals surface area (Å²) < 4.78 is 19.0. The van der Waals surface area contributed by atoms with E-state index in [0.717, 1.165) is 5.56 Å². The van der Waals surface area contributed by atoms with Crippen LogP contribution in [0, 0.1) is 0 Å². The molecule has 1 heterocycles. The van der Waals surface area contributed by atoms with Gasteiger partial charge in [-0.1, -0.05) is 0 Å². The number of carbonyl (C=O) groups is 1. The van der Waals surface area contributed by atoms with Crippen LogP contribution in [0.2, 0.25) is 0 Å². The first-order valence-electron chi connectivity index (χ1n) is 4.17. The first-order valence-corrected chi connectivity index (χ1v) is 4.17. The second kappa shape index (κ2) is 5.74. The standard InChI is InChI=1S/C9H7NO3.BF2/c11-9(12)7-1-2-8-6(5-7)3-4-10-13-8;2-1-3/h1-5,10H,(H,11,12);. The fraction of sp³-hybridized carbons (Fsp3) is 0. The Hall–Kier alpha value is -2.05. The highest BCUT2D eigenvalue weighted by molar-refractivity contribution is 6.15. The molecule has 83 valence electrons. The lowest BCUT2D eigenvalue weighted by Gasteiger charge is -2.12. The molecule has 0 bridgehead atoms. The van der Waals surface area contributed by atoms with Crippen LogP contribution in [-0.4, -0.2) is 18.9 Å². The highest BCUT2D eigenvalue weighted by Crippen LogP contribution is 2.22. The van der Waals surface area contributed by atoms with Crippen molar-refractivity contribution in [3.8, 4) is 5.75 Å². The average molecular weight is 226 g/mol. The Morgan fingerprint density at radius 1 is 1.44 bits per heavy atom. The summed E-state index contributed by atoms with van der Waals surface area (Å²) in [5, 5.41) is 8.71. The molecule has 0 saturated heterocycles. The number of carboxylic acid groups (broad SMARTS) is 1. The molecule has 0 saturated carbocycles. The molecule has 16 heavy (non-hydrogen) atoms. The van der Waals surface area contributed by atoms with E-state index in [1.807, 2.05) is 0 Å². The van der Waals surface area contributed by atoms with E-state index in [4.69, 9.17) is 9.94 Å². The molecule has 0 fully saturated rings. The molecule has 1 aliphatic heterocycles. The van der Waals surface area contributed by atoms with Crippen molar-refractivity contribution in [3.05, 3.63) is 35.5 Å². The van der Waals surface area contributed by atoms with Gasteiger partial charge in [0.25, 0.3) is 0 Å². The van der Waals surface area contributed by atoms with Crippen LogP contribution in [0.4, 0.5) is 8.63 Å². The van der Waals surface area contributed by atoms with Gasteiger partial charge < -0.3 is 9.94 Å². The maximum atomic E-state index is 10.6. The molecule has 7 heteroatoms. The zero-order chi connectivity index (χ0) is 12.0. The summed E-state index contributed by atoms with van der Waals surface area (Å²) in [6, 6.07) is 4.69. The van der Waals surface area contributed by atoms with Crippen LogP contribution in [0.3, 0.4) is 0 Å². The molecule has 0 amide bonds. The van der Waals surface area contributed by atoms with E-state index in [-0.39, 0.29) is 5.56 Å². The average Bonchev–Trinajstić information content (AvgIpc) is 2.29. The Kier molecular flexibility index (Phi) is 4.32. The van der Waals surface area contributed by atoms with E-state index in [9.17, 15) is 13.4 Å². The summed E-state index contributed by atoms with van der Waals surface area (Å²) in [5.41, 5.74) is 3.58. The number of hydrogen-bond donors (Lipinski definition) is 2. The molecule has 0 unspecified atom stereocenters. The predicted octanol–water partition coefficient (Wildman–Crippen LogP) is 1.71. The summed E-state index contributed by atoms with van der Waals surface area (Å²) >= 11 is 0. The van der Waals surface area contributed by atoms with E-state index in [0.29, 0.717) is 5.75 Å². The third-order valence-electron chi connectivity index (χ3n) is 1.76. The largest absolute Gasteiger partial charge is 0.577 e. The maximum absolute atomic E-state index is 10.6. The molecule has 0 atom stereocenters. The van der Waals surface area contributed by atoms with Gasteiger partial charge in [0.15, 0.2) is 5.75 Å². The number of hydrogen-bond acceptors (Lipinski definition) is 3. The van der Waals surface area contributed by atoms with Crippen molar-refractivity contribution in [2.75, 3.05) is 0 Å². The van der Waals surface area contributed by atoms with Gasteiger partial charge in [0.05, 0.1) is 5.56 Å². The van der Waals surface area contributed by atoms with E-state index in [1.165, 1.54) is 6.07 Å². The van der Waals surface area contributed by atoms with Gasteiger partial charge in [-0.2, -0.15) is 0 Å². The number of fused-ring (bicyclic) bond motifs is 1. The van der Waals surface area contributed by atoms with E-state index in [2.05, 4.69) is 5.48 Å². The second-order valence-electron chi connectivity index (χ2n) is 2.69. The number of aromatic carboxylic acids is 1. The molecule has 1 radical (unpaired) electrons. The van der Waals surface area contributed by atoms with E-state index < -0.39 is 13.8 Å². The zero-order valence-electron chi connectivity index (χ0n) is 7.98. The van der Waals surface area contributed by atoms with Gasteiger partial charge in [0.2, 0.25) is 0 Å². The van der Waals surface area contributed by atoms with Crippen molar-refractivity contribution in [2.45, 2.75) is 0 Å². The normalized spacial score (nSPS) is 11.1. The molecule has 0 spiro atoms. The van der Waals surface area contributed by atoms with E-state index >= 15 is 0 Å². The lowest BCUT2D eigenvalue weighted by atomic mass is 10.1. The van der Waals surface area contributed by atoms with Crippen molar-refractivity contribution in [1.29, 1.82) is 0 Å². The second-order valence-corrected chi connectivity index (χ2v) is 2.69. The fourth-order valence-corrected chi connectivity index (χ4v) is 1.13. The summed E-state index contributed by atoms with van der Waals surface area (Å²) in [7, 11) is -1.00. The third-order valence-corrected chi connectivity index (χ3v) is 1.76. The Labute approximate surface area is 90.8 Å². The van der Waals surface area contributed by atoms with Crippen molar-refractivity contribution >= 4 is 19.9 Å². The Bertz CT molecular complexity index is 412. The molecule has 1 aliphatic rings. The van der Waals surface area contributed by atoms with Crippen molar-refractivity contribution in [2.24, 2.45) is 0 Å². The SMILES string of the molecule is F[B]F.O=C(O)c1ccc2c(c1)C=CNO2. The smallest absolute Gasteiger partial charge is 0.478 e. The summed E-state index contributed by atoms with van der Waals surface area (Å²) in [4.78, 5) is 15.6. The lowest BCUT2D eigenvalue weighted by molar-refractivity contribution is 0.0696. The quantitative estimate of drug-likeness (QED) is 0.715. The number of benzene rings is 1. The van der Waals surface area contributed by atoms with Crippen LogP contribution in [-0.2, 0) is 0 Å².